The Labute approximate surface area is 170 Å². The number of amides is 3. The second-order valence-electron chi connectivity index (χ2n) is 7.16. The highest BCUT2D eigenvalue weighted by Crippen LogP contribution is 2.23. The SMILES string of the molecule is CC(c1cccc(S(N)(=O)=O)c1)N(C)C(=O)c1ccc(NC(=O)NC2CC2)cc1. The smallest absolute Gasteiger partial charge is 0.319 e. The molecule has 1 saturated carbocycles. The number of rotatable bonds is 6. The number of hydrogen-bond acceptors (Lipinski definition) is 4. The molecule has 0 aromatic heterocycles. The molecule has 0 saturated heterocycles. The Morgan fingerprint density at radius 1 is 1.14 bits per heavy atom. The van der Waals surface area contributed by atoms with Gasteiger partial charge in [0.15, 0.2) is 0 Å². The lowest BCUT2D eigenvalue weighted by atomic mass is 10.1. The van der Waals surface area contributed by atoms with E-state index < -0.39 is 10.0 Å². The number of sulfonamides is 1. The summed E-state index contributed by atoms with van der Waals surface area (Å²) in [6, 6.07) is 12.5. The van der Waals surface area contributed by atoms with Crippen LogP contribution in [0.1, 0.15) is 41.7 Å². The van der Waals surface area contributed by atoms with Gasteiger partial charge in [-0.25, -0.2) is 18.4 Å². The van der Waals surface area contributed by atoms with Crippen LogP contribution in [0.2, 0.25) is 0 Å². The van der Waals surface area contributed by atoms with Crippen molar-refractivity contribution in [3.05, 3.63) is 59.7 Å². The Morgan fingerprint density at radius 3 is 2.38 bits per heavy atom. The molecule has 0 heterocycles. The van der Waals surface area contributed by atoms with Gasteiger partial charge in [0.05, 0.1) is 10.9 Å². The zero-order valence-corrected chi connectivity index (χ0v) is 17.1. The number of nitrogens with zero attached hydrogens (tertiary/aromatic N) is 1. The van der Waals surface area contributed by atoms with E-state index in [4.69, 9.17) is 5.14 Å². The molecule has 1 atom stereocenters. The van der Waals surface area contributed by atoms with Gasteiger partial charge in [-0.1, -0.05) is 12.1 Å². The second kappa shape index (κ2) is 8.22. The maximum absolute atomic E-state index is 12.8. The molecule has 0 spiro atoms. The monoisotopic (exact) mass is 416 g/mol. The van der Waals surface area contributed by atoms with Crippen molar-refractivity contribution in [1.82, 2.24) is 10.2 Å². The Bertz CT molecular complexity index is 1020. The number of nitrogens with one attached hydrogen (secondary N) is 2. The lowest BCUT2D eigenvalue weighted by Gasteiger charge is -2.26. The molecule has 154 valence electrons. The average Bonchev–Trinajstić information content (AvgIpc) is 3.50. The van der Waals surface area contributed by atoms with Crippen LogP contribution in [-0.2, 0) is 10.0 Å². The first-order valence-corrected chi connectivity index (χ1v) is 10.8. The van der Waals surface area contributed by atoms with E-state index in [1.54, 1.807) is 50.4 Å². The molecule has 0 aliphatic heterocycles. The van der Waals surface area contributed by atoms with E-state index >= 15 is 0 Å². The highest BCUT2D eigenvalue weighted by Gasteiger charge is 2.23. The normalized spacial score (nSPS) is 14.7. The molecule has 1 aliphatic carbocycles. The van der Waals surface area contributed by atoms with Crippen LogP contribution in [0.15, 0.2) is 53.4 Å². The van der Waals surface area contributed by atoms with Crippen LogP contribution in [0.3, 0.4) is 0 Å². The van der Waals surface area contributed by atoms with Crippen molar-refractivity contribution < 1.29 is 18.0 Å². The Hall–Kier alpha value is -2.91. The molecule has 3 rings (SSSR count). The summed E-state index contributed by atoms with van der Waals surface area (Å²) in [4.78, 5) is 26.1. The van der Waals surface area contributed by atoms with Crippen LogP contribution in [0.25, 0.3) is 0 Å². The summed E-state index contributed by atoms with van der Waals surface area (Å²) in [6.45, 7) is 1.80. The quantitative estimate of drug-likeness (QED) is 0.669. The van der Waals surface area contributed by atoms with Crippen LogP contribution in [0.4, 0.5) is 10.5 Å². The predicted octanol–water partition coefficient (Wildman–Crippen LogP) is 2.45. The first-order chi connectivity index (χ1) is 13.6. The average molecular weight is 417 g/mol. The van der Waals surface area contributed by atoms with Gasteiger partial charge in [0.2, 0.25) is 10.0 Å². The van der Waals surface area contributed by atoms with E-state index in [1.807, 2.05) is 0 Å². The summed E-state index contributed by atoms with van der Waals surface area (Å²) < 4.78 is 23.1. The molecule has 3 amide bonds. The van der Waals surface area contributed by atoms with E-state index in [2.05, 4.69) is 10.6 Å². The van der Waals surface area contributed by atoms with Crippen molar-refractivity contribution in [1.29, 1.82) is 0 Å². The zero-order valence-electron chi connectivity index (χ0n) is 16.3. The van der Waals surface area contributed by atoms with Gasteiger partial charge in [-0.15, -0.1) is 0 Å². The standard InChI is InChI=1S/C20H24N4O4S/c1-13(15-4-3-5-18(12-15)29(21,27)28)24(2)19(25)14-6-8-16(9-7-14)22-20(26)23-17-10-11-17/h3-9,12-13,17H,10-11H2,1-2H3,(H2,21,27,28)(H2,22,23,26). The molecule has 4 N–H and O–H groups in total. The second-order valence-corrected chi connectivity index (χ2v) is 8.72. The van der Waals surface area contributed by atoms with Crippen LogP contribution < -0.4 is 15.8 Å². The van der Waals surface area contributed by atoms with Gasteiger partial charge < -0.3 is 15.5 Å². The topological polar surface area (TPSA) is 122 Å². The van der Waals surface area contributed by atoms with Gasteiger partial charge in [-0.05, 0) is 61.7 Å². The summed E-state index contributed by atoms with van der Waals surface area (Å²) in [7, 11) is -2.17. The van der Waals surface area contributed by atoms with E-state index in [0.717, 1.165) is 12.8 Å². The maximum atomic E-state index is 12.8. The number of hydrogen-bond donors (Lipinski definition) is 3. The number of nitrogens with two attached hydrogens (primary N) is 1. The van der Waals surface area contributed by atoms with Crippen LogP contribution in [-0.4, -0.2) is 38.3 Å². The summed E-state index contributed by atoms with van der Waals surface area (Å²) >= 11 is 0. The van der Waals surface area contributed by atoms with Crippen molar-refractivity contribution in [3.63, 3.8) is 0 Å². The molecular formula is C20H24N4O4S. The minimum absolute atomic E-state index is 0.00241. The van der Waals surface area contributed by atoms with E-state index in [-0.39, 0.29) is 28.9 Å². The van der Waals surface area contributed by atoms with Crippen molar-refractivity contribution in [2.45, 2.75) is 36.7 Å². The third-order valence-electron chi connectivity index (χ3n) is 4.87. The molecule has 1 aliphatic rings. The van der Waals surface area contributed by atoms with Gasteiger partial charge in [-0.2, -0.15) is 0 Å². The Balaban J connectivity index is 1.68. The highest BCUT2D eigenvalue weighted by molar-refractivity contribution is 7.89. The largest absolute Gasteiger partial charge is 0.335 e. The molecular weight excluding hydrogens is 392 g/mol. The van der Waals surface area contributed by atoms with Crippen molar-refractivity contribution in [2.24, 2.45) is 5.14 Å². The maximum Gasteiger partial charge on any atom is 0.319 e. The lowest BCUT2D eigenvalue weighted by Crippen LogP contribution is -2.31. The Morgan fingerprint density at radius 2 is 1.79 bits per heavy atom. The third-order valence-corrected chi connectivity index (χ3v) is 5.78. The van der Waals surface area contributed by atoms with Gasteiger partial charge >= 0.3 is 6.03 Å². The summed E-state index contributed by atoms with van der Waals surface area (Å²) in [6.07, 6.45) is 2.01. The fourth-order valence-corrected chi connectivity index (χ4v) is 3.40. The molecule has 0 bridgehead atoms. The van der Waals surface area contributed by atoms with E-state index in [1.165, 1.54) is 17.0 Å². The molecule has 1 unspecified atom stereocenters. The molecule has 8 nitrogen and oxygen atoms in total. The lowest BCUT2D eigenvalue weighted by molar-refractivity contribution is 0.0742. The summed E-state index contributed by atoms with van der Waals surface area (Å²) in [5, 5.41) is 10.8. The molecule has 2 aromatic rings. The van der Waals surface area contributed by atoms with E-state index in [9.17, 15) is 18.0 Å². The molecule has 9 heteroatoms. The summed E-state index contributed by atoms with van der Waals surface area (Å²) in [5.74, 6) is -0.229. The number of benzene rings is 2. The van der Waals surface area contributed by atoms with E-state index in [0.29, 0.717) is 16.8 Å². The summed E-state index contributed by atoms with van der Waals surface area (Å²) in [5.41, 5.74) is 1.70. The zero-order chi connectivity index (χ0) is 21.2. The number of carbonyl (C=O) groups is 2. The third kappa shape index (κ3) is 5.33. The molecule has 1 fully saturated rings. The molecule has 0 radical (unpaired) electrons. The fourth-order valence-electron chi connectivity index (χ4n) is 2.83. The first kappa shape index (κ1) is 20.8. The Kier molecular flexibility index (Phi) is 5.90. The van der Waals surface area contributed by atoms with Crippen LogP contribution in [0.5, 0.6) is 0 Å². The van der Waals surface area contributed by atoms with Gasteiger partial charge in [0.25, 0.3) is 5.91 Å². The number of urea groups is 1. The predicted molar refractivity (Wildman–Crippen MR) is 110 cm³/mol. The van der Waals surface area contributed by atoms with Crippen molar-refractivity contribution in [3.8, 4) is 0 Å². The minimum atomic E-state index is -3.82. The number of primary sulfonamides is 1. The fraction of sp³-hybridized carbons (Fsp3) is 0.300. The minimum Gasteiger partial charge on any atom is -0.335 e. The van der Waals surface area contributed by atoms with Crippen LogP contribution in [0, 0.1) is 0 Å². The molecule has 29 heavy (non-hydrogen) atoms. The number of anilines is 1. The highest BCUT2D eigenvalue weighted by atomic mass is 32.2. The first-order valence-electron chi connectivity index (χ1n) is 9.22. The molecule has 2 aromatic carbocycles. The van der Waals surface area contributed by atoms with Gasteiger partial charge in [0.1, 0.15) is 0 Å². The number of carbonyl (C=O) groups excluding carboxylic acids is 2. The van der Waals surface area contributed by atoms with Crippen molar-refractivity contribution in [2.75, 3.05) is 12.4 Å². The van der Waals surface area contributed by atoms with Gasteiger partial charge in [0, 0.05) is 24.3 Å². The van der Waals surface area contributed by atoms with Crippen LogP contribution >= 0.6 is 0 Å². The van der Waals surface area contributed by atoms with Crippen molar-refractivity contribution >= 4 is 27.6 Å². The van der Waals surface area contributed by atoms with Gasteiger partial charge in [-0.3, -0.25) is 4.79 Å².